The van der Waals surface area contributed by atoms with Gasteiger partial charge in [-0.2, -0.15) is 0 Å². The maximum absolute atomic E-state index is 5.42. The van der Waals surface area contributed by atoms with E-state index in [1.165, 1.54) is 5.56 Å². The lowest BCUT2D eigenvalue weighted by Crippen LogP contribution is -2.38. The van der Waals surface area contributed by atoms with E-state index in [0.717, 1.165) is 42.5 Å². The van der Waals surface area contributed by atoms with Crippen molar-refractivity contribution in [1.82, 2.24) is 15.8 Å². The Bertz CT molecular complexity index is 818. The maximum Gasteiger partial charge on any atom is 0.191 e. The number of aliphatic imine (C=N–C) groups is 1. The highest BCUT2D eigenvalue weighted by atomic mass is 127. The molecule has 0 spiro atoms. The molecule has 0 fully saturated rings. The molecule has 3 rings (SSSR count). The second-order valence-corrected chi connectivity index (χ2v) is 5.91. The van der Waals surface area contributed by atoms with E-state index in [2.05, 4.69) is 52.0 Å². The Morgan fingerprint density at radius 2 is 1.70 bits per heavy atom. The molecule has 0 radical (unpaired) electrons. The fourth-order valence-corrected chi connectivity index (χ4v) is 2.60. The van der Waals surface area contributed by atoms with Gasteiger partial charge in [-0.15, -0.1) is 24.0 Å². The van der Waals surface area contributed by atoms with Crippen molar-refractivity contribution in [2.24, 2.45) is 4.99 Å². The van der Waals surface area contributed by atoms with Crippen molar-refractivity contribution in [2.45, 2.75) is 19.9 Å². The third-order valence-electron chi connectivity index (χ3n) is 3.91. The van der Waals surface area contributed by atoms with Crippen LogP contribution in [0.15, 0.2) is 76.2 Å². The molecule has 0 saturated carbocycles. The molecule has 0 aliphatic heterocycles. The van der Waals surface area contributed by atoms with Crippen LogP contribution >= 0.6 is 24.0 Å². The van der Waals surface area contributed by atoms with Gasteiger partial charge in [0.25, 0.3) is 0 Å². The molecule has 2 aromatic carbocycles. The Kier molecular flexibility index (Phi) is 8.83. The van der Waals surface area contributed by atoms with E-state index in [0.29, 0.717) is 6.54 Å². The summed E-state index contributed by atoms with van der Waals surface area (Å²) >= 11 is 0. The fourth-order valence-electron chi connectivity index (χ4n) is 2.60. The first-order valence-electron chi connectivity index (χ1n) is 8.92. The van der Waals surface area contributed by atoms with Gasteiger partial charge in [0.15, 0.2) is 11.7 Å². The average molecular weight is 476 g/mol. The lowest BCUT2D eigenvalue weighted by atomic mass is 10.1. The van der Waals surface area contributed by atoms with Gasteiger partial charge in [0.2, 0.25) is 0 Å². The molecule has 0 atom stereocenters. The standard InChI is InChI=1S/C21H24N4O.HI/c1-2-22-21(23-14-13-17-9-5-3-6-10-17)24-16-19-15-20(26-25-19)18-11-7-4-8-12-18;/h3-12,15H,2,13-14,16H2,1H3,(H2,22,23,24);1H. The first kappa shape index (κ1) is 21.0. The minimum Gasteiger partial charge on any atom is -0.357 e. The molecule has 142 valence electrons. The molecule has 0 bridgehead atoms. The molecule has 0 saturated heterocycles. The summed E-state index contributed by atoms with van der Waals surface area (Å²) in [6, 6.07) is 22.3. The molecule has 0 amide bonds. The largest absolute Gasteiger partial charge is 0.357 e. The van der Waals surface area contributed by atoms with Crippen LogP contribution in [-0.2, 0) is 13.0 Å². The van der Waals surface area contributed by atoms with Crippen LogP contribution in [0.2, 0.25) is 0 Å². The summed E-state index contributed by atoms with van der Waals surface area (Å²) in [5.74, 6) is 1.55. The van der Waals surface area contributed by atoms with Crippen molar-refractivity contribution >= 4 is 29.9 Å². The number of guanidine groups is 1. The highest BCUT2D eigenvalue weighted by Gasteiger charge is 2.06. The lowest BCUT2D eigenvalue weighted by Gasteiger charge is -2.10. The van der Waals surface area contributed by atoms with E-state index in [1.807, 2.05) is 42.5 Å². The first-order valence-corrected chi connectivity index (χ1v) is 8.92. The Labute approximate surface area is 177 Å². The van der Waals surface area contributed by atoms with Gasteiger partial charge in [-0.1, -0.05) is 65.8 Å². The van der Waals surface area contributed by atoms with Gasteiger partial charge in [0.1, 0.15) is 5.69 Å². The minimum absolute atomic E-state index is 0. The van der Waals surface area contributed by atoms with Crippen molar-refractivity contribution in [3.8, 4) is 11.3 Å². The highest BCUT2D eigenvalue weighted by molar-refractivity contribution is 14.0. The summed E-state index contributed by atoms with van der Waals surface area (Å²) < 4.78 is 5.42. The molecule has 1 heterocycles. The normalized spacial score (nSPS) is 10.9. The van der Waals surface area contributed by atoms with Crippen molar-refractivity contribution in [3.63, 3.8) is 0 Å². The SMILES string of the molecule is CCNC(=NCc1cc(-c2ccccc2)on1)NCCc1ccccc1.I. The van der Waals surface area contributed by atoms with Crippen LogP contribution in [0.3, 0.4) is 0 Å². The third kappa shape index (κ3) is 6.71. The summed E-state index contributed by atoms with van der Waals surface area (Å²) in [4.78, 5) is 4.59. The molecule has 3 aromatic rings. The molecule has 0 aliphatic rings. The smallest absolute Gasteiger partial charge is 0.191 e. The van der Waals surface area contributed by atoms with Gasteiger partial charge in [0, 0.05) is 24.7 Å². The second-order valence-electron chi connectivity index (χ2n) is 5.91. The van der Waals surface area contributed by atoms with Gasteiger partial charge < -0.3 is 15.2 Å². The predicted molar refractivity (Wildman–Crippen MR) is 120 cm³/mol. The number of benzene rings is 2. The van der Waals surface area contributed by atoms with Crippen LogP contribution in [0.25, 0.3) is 11.3 Å². The van der Waals surface area contributed by atoms with E-state index in [1.54, 1.807) is 0 Å². The average Bonchev–Trinajstić information content (AvgIpc) is 3.17. The van der Waals surface area contributed by atoms with E-state index in [4.69, 9.17) is 4.52 Å². The quantitative estimate of drug-likeness (QED) is 0.304. The number of nitrogens with one attached hydrogen (secondary N) is 2. The zero-order chi connectivity index (χ0) is 18.0. The minimum atomic E-state index is 0. The van der Waals surface area contributed by atoms with Crippen LogP contribution in [0.4, 0.5) is 0 Å². The molecule has 5 nitrogen and oxygen atoms in total. The molecule has 2 N–H and O–H groups in total. The van der Waals surface area contributed by atoms with Gasteiger partial charge >= 0.3 is 0 Å². The molecular formula is C21H25IN4O. The molecule has 27 heavy (non-hydrogen) atoms. The molecule has 1 aromatic heterocycles. The Morgan fingerprint density at radius 1 is 1.00 bits per heavy atom. The van der Waals surface area contributed by atoms with E-state index in [-0.39, 0.29) is 24.0 Å². The predicted octanol–water partition coefficient (Wildman–Crippen LogP) is 4.26. The number of hydrogen-bond donors (Lipinski definition) is 2. The van der Waals surface area contributed by atoms with Crippen molar-refractivity contribution in [1.29, 1.82) is 0 Å². The Morgan fingerprint density at radius 3 is 2.41 bits per heavy atom. The van der Waals surface area contributed by atoms with E-state index >= 15 is 0 Å². The third-order valence-corrected chi connectivity index (χ3v) is 3.91. The zero-order valence-corrected chi connectivity index (χ0v) is 17.7. The van der Waals surface area contributed by atoms with Crippen LogP contribution in [-0.4, -0.2) is 24.2 Å². The Balaban J connectivity index is 0.00000261. The second kappa shape index (κ2) is 11.4. The fraction of sp³-hybridized carbons (Fsp3) is 0.238. The summed E-state index contributed by atoms with van der Waals surface area (Å²) in [7, 11) is 0. The summed E-state index contributed by atoms with van der Waals surface area (Å²) in [5, 5.41) is 10.7. The topological polar surface area (TPSA) is 62.5 Å². The van der Waals surface area contributed by atoms with Crippen LogP contribution < -0.4 is 10.6 Å². The molecule has 0 aliphatic carbocycles. The summed E-state index contributed by atoms with van der Waals surface area (Å²) in [6.07, 6.45) is 0.952. The number of rotatable bonds is 7. The van der Waals surface area contributed by atoms with Gasteiger partial charge in [-0.05, 0) is 18.9 Å². The van der Waals surface area contributed by atoms with Crippen molar-refractivity contribution in [2.75, 3.05) is 13.1 Å². The maximum atomic E-state index is 5.42. The van der Waals surface area contributed by atoms with Gasteiger partial charge in [-0.3, -0.25) is 0 Å². The van der Waals surface area contributed by atoms with Gasteiger partial charge in [0.05, 0.1) is 6.54 Å². The number of aromatic nitrogens is 1. The number of halogens is 1. The van der Waals surface area contributed by atoms with E-state index < -0.39 is 0 Å². The molecule has 0 unspecified atom stereocenters. The summed E-state index contributed by atoms with van der Waals surface area (Å²) in [6.45, 7) is 4.16. The zero-order valence-electron chi connectivity index (χ0n) is 15.4. The van der Waals surface area contributed by atoms with Crippen LogP contribution in [0, 0.1) is 0 Å². The van der Waals surface area contributed by atoms with Crippen molar-refractivity contribution < 1.29 is 4.52 Å². The molecule has 6 heteroatoms. The van der Waals surface area contributed by atoms with Gasteiger partial charge in [-0.25, -0.2) is 4.99 Å². The Hall–Kier alpha value is -2.35. The van der Waals surface area contributed by atoms with Crippen LogP contribution in [0.5, 0.6) is 0 Å². The first-order chi connectivity index (χ1) is 12.8. The summed E-state index contributed by atoms with van der Waals surface area (Å²) in [5.41, 5.74) is 3.13. The monoisotopic (exact) mass is 476 g/mol. The van der Waals surface area contributed by atoms with Crippen LogP contribution in [0.1, 0.15) is 18.2 Å². The number of hydrogen-bond acceptors (Lipinski definition) is 3. The highest BCUT2D eigenvalue weighted by Crippen LogP contribution is 2.19. The van der Waals surface area contributed by atoms with E-state index in [9.17, 15) is 0 Å². The van der Waals surface area contributed by atoms with Crippen molar-refractivity contribution in [3.05, 3.63) is 78.0 Å². The molecular weight excluding hydrogens is 451 g/mol. The number of nitrogens with zero attached hydrogens (tertiary/aromatic N) is 2. The lowest BCUT2D eigenvalue weighted by molar-refractivity contribution is 0.424.